The molecule has 0 heterocycles. The summed E-state index contributed by atoms with van der Waals surface area (Å²) < 4.78 is 35.3. The summed E-state index contributed by atoms with van der Waals surface area (Å²) >= 11 is 0. The van der Waals surface area contributed by atoms with Crippen molar-refractivity contribution >= 4 is 61.4 Å². The van der Waals surface area contributed by atoms with Crippen molar-refractivity contribution in [1.29, 1.82) is 0 Å². The van der Waals surface area contributed by atoms with Crippen LogP contribution in [-0.2, 0) is 69.0 Å². The molecule has 0 N–H and O–H groups in total. The number of esters is 1. The van der Waals surface area contributed by atoms with Crippen molar-refractivity contribution in [3.63, 3.8) is 0 Å². The van der Waals surface area contributed by atoms with Gasteiger partial charge in [0, 0.05) is 91.9 Å². The maximum Gasteiger partial charge on any atom is 0.308 e. The molecule has 0 saturated carbocycles. The normalized spacial score (nSPS) is 13.4. The molecule has 1 aliphatic rings. The number of allylic oxidation sites excluding steroid dienone is 3. The molecule has 44 heavy (non-hydrogen) atoms. The largest absolute Gasteiger partial charge is 0.465 e. The number of halogens is 1. The number of ketones is 1. The Bertz CT molecular complexity index is 1470. The third kappa shape index (κ3) is 12.4. The van der Waals surface area contributed by atoms with Crippen LogP contribution in [0.1, 0.15) is 35.6 Å². The molecule has 3 aromatic rings. The minimum absolute atomic E-state index is 0. The number of ether oxygens (including phenoxy) is 2. The van der Waals surface area contributed by atoms with Crippen LogP contribution in [0.4, 0.5) is 4.39 Å². The van der Waals surface area contributed by atoms with Crippen molar-refractivity contribution in [2.45, 2.75) is 24.7 Å². The monoisotopic (exact) mass is 727 g/mol. The first kappa shape index (κ1) is 38.2. The first-order valence-electron chi connectivity index (χ1n) is 13.5. The third-order valence-electron chi connectivity index (χ3n) is 6.37. The topological polar surface area (TPSA) is 69.7 Å². The summed E-state index contributed by atoms with van der Waals surface area (Å²) in [7, 11) is 4.10. The molecule has 0 aromatic heterocycles. The second-order valence-corrected chi connectivity index (χ2v) is 13.6. The first-order chi connectivity index (χ1) is 20.7. The number of hydrogen-bond donors (Lipinski definition) is 0. The van der Waals surface area contributed by atoms with Gasteiger partial charge in [-0.05, 0) is 70.7 Å². The Balaban J connectivity index is 0.000000317. The number of rotatable bonds is 13. The van der Waals surface area contributed by atoms with Gasteiger partial charge in [-0.3, -0.25) is 9.00 Å². The molecule has 231 valence electrons. The van der Waals surface area contributed by atoms with E-state index >= 15 is 0 Å². The van der Waals surface area contributed by atoms with Gasteiger partial charge in [0.25, 0.3) is 0 Å². The summed E-state index contributed by atoms with van der Waals surface area (Å²) in [5.41, 5.74) is 6.34. The van der Waals surface area contributed by atoms with Gasteiger partial charge < -0.3 is 21.2 Å². The van der Waals surface area contributed by atoms with Crippen molar-refractivity contribution < 1.29 is 60.4 Å². The smallest absolute Gasteiger partial charge is 0.308 e. The van der Waals surface area contributed by atoms with Crippen molar-refractivity contribution in [3.8, 4) is 0 Å². The number of fused-ring (bicyclic) bond motifs is 1. The quantitative estimate of drug-likeness (QED) is 0.0794. The molecular weight excluding hydrogens is 692 g/mol. The fraction of sp³-hybridized carbons (Fsp3) is 0.265. The minimum atomic E-state index is -1.02. The summed E-state index contributed by atoms with van der Waals surface area (Å²) in [6, 6.07) is 22.4. The molecule has 0 fully saturated rings. The van der Waals surface area contributed by atoms with Gasteiger partial charge in [-0.25, -0.2) is 4.39 Å². The predicted molar refractivity (Wildman–Crippen MR) is 177 cm³/mol. The molecule has 5 nitrogen and oxygen atoms in total. The standard InChI is InChI=1S/C21H18FO2S.C13H17O3S2.Y/c1-13(23)10-19-14(2)20(18-9-6-16(22)12-21(18)19)11-15-4-7-17(8-5-15)25(3)24;1-15-7-9-17-18-10-8-16-13(14)11-12-5-3-2-4-6-12;/h4-9,11-12H,1,10H2,2-3H3;3-6H,7-11H2,1H3;/q2*-1;/b20-11-;;. The van der Waals surface area contributed by atoms with Crippen molar-refractivity contribution in [2.24, 2.45) is 0 Å². The van der Waals surface area contributed by atoms with E-state index in [1.54, 1.807) is 53.2 Å². The second kappa shape index (κ2) is 20.2. The van der Waals surface area contributed by atoms with E-state index in [0.717, 1.165) is 62.0 Å². The number of carbonyl (C=O) groups is 2. The molecule has 0 amide bonds. The van der Waals surface area contributed by atoms with Crippen LogP contribution >= 0.6 is 21.6 Å². The maximum absolute atomic E-state index is 13.7. The van der Waals surface area contributed by atoms with Crippen molar-refractivity contribution in [3.05, 3.63) is 113 Å². The zero-order valence-electron chi connectivity index (χ0n) is 25.1. The van der Waals surface area contributed by atoms with E-state index in [-0.39, 0.29) is 56.7 Å². The number of Topliss-reactive ketones (excluding diaryl/α,β-unsaturated/α-hetero) is 1. The summed E-state index contributed by atoms with van der Waals surface area (Å²) in [5.74, 6) is 1.07. The SMILES string of the molecule is COCCSSCCOC(=O)Cc1cc[c-]cc1.[CH2-]C(=O)CC1=C(C)/C(=C/c2ccc(S(C)=O)cc2)c2ccc(F)cc21.[Y]. The summed E-state index contributed by atoms with van der Waals surface area (Å²) in [5, 5.41) is 0. The number of methoxy groups -OCH3 is 1. The molecule has 10 heteroatoms. The van der Waals surface area contributed by atoms with Gasteiger partial charge in [0.2, 0.25) is 0 Å². The van der Waals surface area contributed by atoms with Crippen LogP contribution in [0.5, 0.6) is 0 Å². The summed E-state index contributed by atoms with van der Waals surface area (Å²) in [4.78, 5) is 23.8. The van der Waals surface area contributed by atoms with Crippen LogP contribution in [-0.4, -0.2) is 54.0 Å². The molecule has 1 unspecified atom stereocenters. The van der Waals surface area contributed by atoms with E-state index in [4.69, 9.17) is 9.47 Å². The average Bonchev–Trinajstić information content (AvgIpc) is 3.22. The van der Waals surface area contributed by atoms with Gasteiger partial charge in [-0.2, -0.15) is 30.3 Å². The molecule has 3 aromatic carbocycles. The Morgan fingerprint density at radius 3 is 2.25 bits per heavy atom. The molecule has 0 saturated heterocycles. The number of carbonyl (C=O) groups excluding carboxylic acids is 2. The fourth-order valence-electron chi connectivity index (χ4n) is 4.28. The maximum atomic E-state index is 13.7. The molecule has 1 aliphatic carbocycles. The second-order valence-electron chi connectivity index (χ2n) is 9.53. The van der Waals surface area contributed by atoms with Gasteiger partial charge >= 0.3 is 5.97 Å². The fourth-order valence-corrected chi connectivity index (χ4v) is 6.54. The predicted octanol–water partition coefficient (Wildman–Crippen LogP) is 7.28. The van der Waals surface area contributed by atoms with Gasteiger partial charge in [0.15, 0.2) is 0 Å². The van der Waals surface area contributed by atoms with Crippen LogP contribution in [0, 0.1) is 18.8 Å². The van der Waals surface area contributed by atoms with Crippen LogP contribution < -0.4 is 0 Å². The molecule has 0 bridgehead atoms. The van der Waals surface area contributed by atoms with Crippen LogP contribution in [0.15, 0.2) is 77.2 Å². The number of benzene rings is 3. The first-order valence-corrected chi connectivity index (χ1v) is 17.6. The zero-order valence-corrected chi connectivity index (χ0v) is 30.4. The van der Waals surface area contributed by atoms with E-state index in [0.29, 0.717) is 13.0 Å². The molecule has 1 atom stereocenters. The Morgan fingerprint density at radius 2 is 1.64 bits per heavy atom. The van der Waals surface area contributed by atoms with Gasteiger partial charge in [0.1, 0.15) is 12.4 Å². The Kier molecular flexibility index (Phi) is 17.5. The molecule has 0 spiro atoms. The molecule has 0 aliphatic heterocycles. The van der Waals surface area contributed by atoms with E-state index in [9.17, 15) is 18.2 Å². The van der Waals surface area contributed by atoms with Gasteiger partial charge in [-0.15, -0.1) is 5.56 Å². The summed E-state index contributed by atoms with van der Waals surface area (Å²) in [6.45, 7) is 6.61. The van der Waals surface area contributed by atoms with E-state index in [1.165, 1.54) is 12.1 Å². The van der Waals surface area contributed by atoms with Crippen LogP contribution in [0.25, 0.3) is 17.2 Å². The Morgan fingerprint density at radius 1 is 0.977 bits per heavy atom. The van der Waals surface area contributed by atoms with Crippen LogP contribution in [0.3, 0.4) is 0 Å². The minimum Gasteiger partial charge on any atom is -0.465 e. The Hall–Kier alpha value is -2.01. The molecule has 4 rings (SSSR count). The van der Waals surface area contributed by atoms with E-state index in [2.05, 4.69) is 13.0 Å². The number of hydrogen-bond acceptors (Lipinski definition) is 7. The van der Waals surface area contributed by atoms with Gasteiger partial charge in [-0.1, -0.05) is 39.8 Å². The summed E-state index contributed by atoms with van der Waals surface area (Å²) in [6.07, 6.45) is 4.17. The third-order valence-corrected chi connectivity index (χ3v) is 9.64. The molecular formula is C34H35FO5S3Y-2. The van der Waals surface area contributed by atoms with E-state index in [1.807, 2.05) is 49.4 Å². The van der Waals surface area contributed by atoms with Crippen molar-refractivity contribution in [2.75, 3.05) is 38.1 Å². The van der Waals surface area contributed by atoms with Crippen LogP contribution in [0.2, 0.25) is 0 Å². The van der Waals surface area contributed by atoms with Crippen molar-refractivity contribution in [1.82, 2.24) is 0 Å². The average molecular weight is 728 g/mol. The molecule has 1 radical (unpaired) electrons. The zero-order chi connectivity index (χ0) is 31.2. The van der Waals surface area contributed by atoms with E-state index < -0.39 is 10.8 Å². The Labute approximate surface area is 295 Å². The van der Waals surface area contributed by atoms with Gasteiger partial charge in [0.05, 0.1) is 6.61 Å².